The van der Waals surface area contributed by atoms with Gasteiger partial charge in [-0.1, -0.05) is 0 Å². The maximum Gasteiger partial charge on any atom is 0.249 e. The number of hydrogen-bond donors (Lipinski definition) is 1. The van der Waals surface area contributed by atoms with E-state index in [9.17, 15) is 4.79 Å². The van der Waals surface area contributed by atoms with Gasteiger partial charge in [-0.15, -0.1) is 0 Å². The maximum atomic E-state index is 10.6. The third kappa shape index (κ3) is 1.05. The van der Waals surface area contributed by atoms with Crippen LogP contribution in [0.15, 0.2) is 0 Å². The molecule has 2 N–H and O–H groups in total. The van der Waals surface area contributed by atoms with Crippen molar-refractivity contribution in [1.82, 2.24) is 0 Å². The molecule has 1 amide bonds. The van der Waals surface area contributed by atoms with Gasteiger partial charge in [0.1, 0.15) is 5.60 Å². The Labute approximate surface area is 54.2 Å². The lowest BCUT2D eigenvalue weighted by Crippen LogP contribution is -2.40. The summed E-state index contributed by atoms with van der Waals surface area (Å²) in [5.41, 5.74) is 4.09. The highest BCUT2D eigenvalue weighted by Crippen LogP contribution is 2.23. The van der Waals surface area contributed by atoms with Gasteiger partial charge in [0.2, 0.25) is 5.91 Å². The number of ether oxygens (including phenoxy) is 1. The third-order valence-corrected chi connectivity index (χ3v) is 1.55. The quantitative estimate of drug-likeness (QED) is 0.534. The predicted octanol–water partition coefficient (Wildman–Crippen LogP) is -0.145. The summed E-state index contributed by atoms with van der Waals surface area (Å²) >= 11 is 0. The van der Waals surface area contributed by atoms with Crippen LogP contribution in [0.1, 0.15) is 12.8 Å². The van der Waals surface area contributed by atoms with Gasteiger partial charge in [-0.05, 0) is 19.8 Å². The van der Waals surface area contributed by atoms with E-state index in [1.807, 2.05) is 0 Å². The molecule has 3 nitrogen and oxygen atoms in total. The minimum Gasteiger partial charge on any atom is -0.367 e. The molecule has 0 unspecified atom stereocenters. The molecule has 3 heteroatoms. The Balaban J connectivity index is 2.61. The molecule has 1 rings (SSSR count). The topological polar surface area (TPSA) is 52.3 Å². The van der Waals surface area contributed by atoms with Crippen LogP contribution >= 0.6 is 0 Å². The Kier molecular flexibility index (Phi) is 1.45. The second-order valence-corrected chi connectivity index (χ2v) is 2.31. The summed E-state index contributed by atoms with van der Waals surface area (Å²) < 4.78 is 5.02. The number of carbonyl (C=O) groups excluding carboxylic acids is 1. The predicted molar refractivity (Wildman–Crippen MR) is 32.5 cm³/mol. The van der Waals surface area contributed by atoms with Crippen LogP contribution in [0.4, 0.5) is 0 Å². The van der Waals surface area contributed by atoms with Crippen molar-refractivity contribution in [2.75, 3.05) is 6.61 Å². The van der Waals surface area contributed by atoms with Crippen molar-refractivity contribution in [2.24, 2.45) is 5.73 Å². The van der Waals surface area contributed by atoms with Crippen molar-refractivity contribution in [3.8, 4) is 0 Å². The molecular weight excluding hydrogens is 118 g/mol. The van der Waals surface area contributed by atoms with Gasteiger partial charge in [-0.3, -0.25) is 4.79 Å². The standard InChI is InChI=1S/C6H10NO2/c1-6(5(7)8)3-2-4-9-6/h1-4H2,(H2,7,8)/t6-/m1/s1. The molecule has 1 radical (unpaired) electrons. The van der Waals surface area contributed by atoms with Crippen molar-refractivity contribution < 1.29 is 9.53 Å². The van der Waals surface area contributed by atoms with E-state index in [0.29, 0.717) is 13.0 Å². The van der Waals surface area contributed by atoms with Crippen LogP contribution in [0, 0.1) is 6.92 Å². The van der Waals surface area contributed by atoms with Gasteiger partial charge in [0.15, 0.2) is 0 Å². The molecule has 1 aliphatic heterocycles. The molecule has 0 spiro atoms. The van der Waals surface area contributed by atoms with Crippen LogP contribution in [-0.4, -0.2) is 18.1 Å². The van der Waals surface area contributed by atoms with Crippen molar-refractivity contribution >= 4 is 5.91 Å². The lowest BCUT2D eigenvalue weighted by atomic mass is 10.0. The molecule has 1 fully saturated rings. The number of hydrogen-bond acceptors (Lipinski definition) is 2. The summed E-state index contributed by atoms with van der Waals surface area (Å²) in [5, 5.41) is 0. The number of nitrogens with two attached hydrogens (primary N) is 1. The van der Waals surface area contributed by atoms with Gasteiger partial charge in [0, 0.05) is 6.61 Å². The smallest absolute Gasteiger partial charge is 0.249 e. The molecule has 1 saturated heterocycles. The summed E-state index contributed by atoms with van der Waals surface area (Å²) in [6, 6.07) is 0. The van der Waals surface area contributed by atoms with Crippen LogP contribution in [0.25, 0.3) is 0 Å². The maximum absolute atomic E-state index is 10.6. The van der Waals surface area contributed by atoms with E-state index in [2.05, 4.69) is 6.92 Å². The van der Waals surface area contributed by atoms with E-state index in [0.717, 1.165) is 6.42 Å². The van der Waals surface area contributed by atoms with Gasteiger partial charge >= 0.3 is 0 Å². The fourth-order valence-corrected chi connectivity index (χ4v) is 0.892. The average molecular weight is 128 g/mol. The minimum atomic E-state index is -0.917. The van der Waals surface area contributed by atoms with Crippen LogP contribution < -0.4 is 5.73 Å². The summed E-state index contributed by atoms with van der Waals surface area (Å²) in [7, 11) is 0. The highest BCUT2D eigenvalue weighted by molar-refractivity contribution is 5.84. The molecular formula is C6H10NO2. The number of amides is 1. The molecule has 0 aliphatic carbocycles. The molecule has 0 saturated carbocycles. The zero-order valence-electron chi connectivity index (χ0n) is 5.22. The first-order valence-electron chi connectivity index (χ1n) is 2.94. The van der Waals surface area contributed by atoms with E-state index in [4.69, 9.17) is 10.5 Å². The van der Waals surface area contributed by atoms with Gasteiger partial charge in [0.25, 0.3) is 0 Å². The van der Waals surface area contributed by atoms with Crippen LogP contribution in [-0.2, 0) is 9.53 Å². The lowest BCUT2D eigenvalue weighted by molar-refractivity contribution is -0.133. The summed E-state index contributed by atoms with van der Waals surface area (Å²) in [5.74, 6) is -0.458. The van der Waals surface area contributed by atoms with Crippen LogP contribution in [0.3, 0.4) is 0 Å². The lowest BCUT2D eigenvalue weighted by Gasteiger charge is -2.16. The van der Waals surface area contributed by atoms with E-state index >= 15 is 0 Å². The van der Waals surface area contributed by atoms with Gasteiger partial charge < -0.3 is 10.5 Å². The Morgan fingerprint density at radius 2 is 2.44 bits per heavy atom. The first-order chi connectivity index (χ1) is 4.15. The SMILES string of the molecule is [CH2][C@]1(C(N)=O)CCCO1. The normalized spacial score (nSPS) is 34.8. The van der Waals surface area contributed by atoms with Crippen molar-refractivity contribution in [1.29, 1.82) is 0 Å². The third-order valence-electron chi connectivity index (χ3n) is 1.55. The van der Waals surface area contributed by atoms with Gasteiger partial charge in [-0.2, -0.15) is 0 Å². The first kappa shape index (κ1) is 6.55. The monoisotopic (exact) mass is 128 g/mol. The summed E-state index contributed by atoms with van der Waals surface area (Å²) in [6.45, 7) is 4.18. The molecule has 1 aliphatic rings. The second-order valence-electron chi connectivity index (χ2n) is 2.31. The Morgan fingerprint density at radius 3 is 2.67 bits per heavy atom. The Bertz CT molecular complexity index is 127. The average Bonchev–Trinajstić information content (AvgIpc) is 2.16. The Morgan fingerprint density at radius 1 is 1.78 bits per heavy atom. The largest absolute Gasteiger partial charge is 0.367 e. The summed E-state index contributed by atoms with van der Waals surface area (Å²) in [4.78, 5) is 10.6. The zero-order valence-corrected chi connectivity index (χ0v) is 5.22. The zero-order chi connectivity index (χ0) is 6.91. The number of primary amides is 1. The molecule has 0 aromatic carbocycles. The van der Waals surface area contributed by atoms with Crippen LogP contribution in [0.5, 0.6) is 0 Å². The molecule has 0 bridgehead atoms. The van der Waals surface area contributed by atoms with Crippen molar-refractivity contribution in [3.63, 3.8) is 0 Å². The van der Waals surface area contributed by atoms with E-state index < -0.39 is 11.5 Å². The van der Waals surface area contributed by atoms with Crippen molar-refractivity contribution in [3.05, 3.63) is 6.92 Å². The summed E-state index contributed by atoms with van der Waals surface area (Å²) in [6.07, 6.45) is 1.54. The first-order valence-corrected chi connectivity index (χ1v) is 2.94. The second kappa shape index (κ2) is 1.99. The molecule has 51 valence electrons. The minimum absolute atomic E-state index is 0.458. The number of carbonyl (C=O) groups is 1. The Hall–Kier alpha value is -0.570. The van der Waals surface area contributed by atoms with Gasteiger partial charge in [-0.25, -0.2) is 0 Å². The fraction of sp³-hybridized carbons (Fsp3) is 0.667. The van der Waals surface area contributed by atoms with Crippen molar-refractivity contribution in [2.45, 2.75) is 18.4 Å². The molecule has 1 heterocycles. The van der Waals surface area contributed by atoms with Gasteiger partial charge in [0.05, 0.1) is 0 Å². The van der Waals surface area contributed by atoms with E-state index in [1.165, 1.54) is 0 Å². The molecule has 0 aromatic rings. The highest BCUT2D eigenvalue weighted by atomic mass is 16.5. The molecule has 0 aromatic heterocycles. The highest BCUT2D eigenvalue weighted by Gasteiger charge is 2.35. The number of rotatable bonds is 1. The molecule has 1 atom stereocenters. The molecule has 9 heavy (non-hydrogen) atoms. The fourth-order valence-electron chi connectivity index (χ4n) is 0.892. The van der Waals surface area contributed by atoms with Crippen LogP contribution in [0.2, 0.25) is 0 Å². The van der Waals surface area contributed by atoms with E-state index in [-0.39, 0.29) is 0 Å². The van der Waals surface area contributed by atoms with E-state index in [1.54, 1.807) is 0 Å².